The minimum Gasteiger partial charge on any atom is -0.495 e. The number of benzene rings is 1. The summed E-state index contributed by atoms with van der Waals surface area (Å²) in [5.41, 5.74) is 7.81. The maximum Gasteiger partial charge on any atom is 0.143 e. The number of rotatable bonds is 2. The Morgan fingerprint density at radius 3 is 2.88 bits per heavy atom. The summed E-state index contributed by atoms with van der Waals surface area (Å²) in [5, 5.41) is 0. The van der Waals surface area contributed by atoms with Gasteiger partial charge in [0.05, 0.1) is 12.8 Å². The van der Waals surface area contributed by atoms with E-state index in [-0.39, 0.29) is 0 Å². The largest absolute Gasteiger partial charge is 0.495 e. The van der Waals surface area contributed by atoms with Gasteiger partial charge in [-0.15, -0.1) is 0 Å². The molecule has 1 saturated heterocycles. The maximum atomic E-state index is 5.83. The molecule has 0 amide bonds. The first kappa shape index (κ1) is 9.82. The molecule has 2 bridgehead atoms. The Morgan fingerprint density at radius 2 is 2.25 bits per heavy atom. The summed E-state index contributed by atoms with van der Waals surface area (Å²) in [6.45, 7) is 1.21. The van der Waals surface area contributed by atoms with E-state index < -0.39 is 0 Å². The van der Waals surface area contributed by atoms with Crippen LogP contribution in [0.3, 0.4) is 0 Å². The number of hydrogen-bond donors (Lipinski definition) is 1. The lowest BCUT2D eigenvalue weighted by atomic mass is 10.1. The van der Waals surface area contributed by atoms with Crippen molar-refractivity contribution in [3.63, 3.8) is 0 Å². The number of nitrogens with two attached hydrogens (primary N) is 1. The van der Waals surface area contributed by atoms with Gasteiger partial charge in [-0.2, -0.15) is 0 Å². The Morgan fingerprint density at radius 1 is 1.38 bits per heavy atom. The van der Waals surface area contributed by atoms with Crippen LogP contribution in [-0.2, 0) is 0 Å². The van der Waals surface area contributed by atoms with Gasteiger partial charge in [-0.3, -0.25) is 0 Å². The van der Waals surface area contributed by atoms with Gasteiger partial charge < -0.3 is 15.4 Å². The molecule has 2 aliphatic rings. The Hall–Kier alpha value is -1.38. The lowest BCUT2D eigenvalue weighted by molar-refractivity contribution is 0.416. The normalized spacial score (nSPS) is 27.4. The van der Waals surface area contributed by atoms with Crippen molar-refractivity contribution in [1.82, 2.24) is 0 Å². The van der Waals surface area contributed by atoms with E-state index in [1.807, 2.05) is 6.07 Å². The maximum absolute atomic E-state index is 5.83. The Balaban J connectivity index is 1.89. The van der Waals surface area contributed by atoms with Crippen molar-refractivity contribution < 1.29 is 4.74 Å². The summed E-state index contributed by atoms with van der Waals surface area (Å²) in [6.07, 6.45) is 4.12. The molecule has 16 heavy (non-hydrogen) atoms. The first-order chi connectivity index (χ1) is 7.78. The van der Waals surface area contributed by atoms with E-state index in [0.29, 0.717) is 0 Å². The highest BCUT2D eigenvalue weighted by Gasteiger charge is 2.37. The number of fused-ring (bicyclic) bond motifs is 2. The van der Waals surface area contributed by atoms with Crippen LogP contribution < -0.4 is 15.4 Å². The highest BCUT2D eigenvalue weighted by atomic mass is 16.5. The van der Waals surface area contributed by atoms with Crippen molar-refractivity contribution >= 4 is 11.4 Å². The van der Waals surface area contributed by atoms with E-state index in [0.717, 1.165) is 23.4 Å². The van der Waals surface area contributed by atoms with Crippen LogP contribution in [0.2, 0.25) is 0 Å². The van der Waals surface area contributed by atoms with E-state index in [1.165, 1.54) is 31.5 Å². The van der Waals surface area contributed by atoms with E-state index in [9.17, 15) is 0 Å². The molecule has 1 saturated carbocycles. The standard InChI is InChI=1S/C13H18N2O/c1-16-13-7-11(4-5-12(13)14)15-8-9-2-3-10(15)6-9/h4-5,7,9-10H,2-3,6,8,14H2,1H3. The number of methoxy groups -OCH3 is 1. The van der Waals surface area contributed by atoms with Crippen molar-refractivity contribution in [1.29, 1.82) is 0 Å². The van der Waals surface area contributed by atoms with Crippen LogP contribution in [0.1, 0.15) is 19.3 Å². The highest BCUT2D eigenvalue weighted by Crippen LogP contribution is 2.41. The first-order valence-electron chi connectivity index (χ1n) is 5.98. The quantitative estimate of drug-likeness (QED) is 0.774. The summed E-state index contributed by atoms with van der Waals surface area (Å²) in [7, 11) is 1.67. The molecule has 3 rings (SSSR count). The van der Waals surface area contributed by atoms with Crippen molar-refractivity contribution in [2.75, 3.05) is 24.3 Å². The number of nitrogen functional groups attached to an aromatic ring is 1. The van der Waals surface area contributed by atoms with Crippen LogP contribution >= 0.6 is 0 Å². The van der Waals surface area contributed by atoms with Gasteiger partial charge >= 0.3 is 0 Å². The van der Waals surface area contributed by atoms with Gasteiger partial charge in [-0.1, -0.05) is 0 Å². The molecule has 3 nitrogen and oxygen atoms in total. The monoisotopic (exact) mass is 218 g/mol. The Kier molecular flexibility index (Phi) is 2.20. The molecular formula is C13H18N2O. The van der Waals surface area contributed by atoms with Crippen LogP contribution in [0.5, 0.6) is 5.75 Å². The molecule has 0 aromatic heterocycles. The van der Waals surface area contributed by atoms with Crippen LogP contribution in [-0.4, -0.2) is 19.7 Å². The molecule has 0 spiro atoms. The average molecular weight is 218 g/mol. The molecular weight excluding hydrogens is 200 g/mol. The van der Waals surface area contributed by atoms with Gasteiger partial charge in [0.25, 0.3) is 0 Å². The van der Waals surface area contributed by atoms with Crippen molar-refractivity contribution in [2.24, 2.45) is 5.92 Å². The molecule has 2 atom stereocenters. The summed E-state index contributed by atoms with van der Waals surface area (Å²) >= 11 is 0. The van der Waals surface area contributed by atoms with Gasteiger partial charge in [0, 0.05) is 24.3 Å². The zero-order valence-electron chi connectivity index (χ0n) is 9.65. The average Bonchev–Trinajstić information content (AvgIpc) is 2.91. The third-order valence-electron chi connectivity index (χ3n) is 3.96. The zero-order valence-corrected chi connectivity index (χ0v) is 9.65. The lowest BCUT2D eigenvalue weighted by Gasteiger charge is -2.29. The summed E-state index contributed by atoms with van der Waals surface area (Å²) in [4.78, 5) is 2.51. The fourth-order valence-electron chi connectivity index (χ4n) is 3.12. The number of anilines is 2. The van der Waals surface area contributed by atoms with Gasteiger partial charge in [-0.25, -0.2) is 0 Å². The van der Waals surface area contributed by atoms with Gasteiger partial charge in [-0.05, 0) is 37.3 Å². The fourth-order valence-corrected chi connectivity index (χ4v) is 3.12. The molecule has 1 aliphatic heterocycles. The molecule has 2 fully saturated rings. The smallest absolute Gasteiger partial charge is 0.143 e. The fraction of sp³-hybridized carbons (Fsp3) is 0.538. The Bertz CT molecular complexity index is 405. The van der Waals surface area contributed by atoms with Crippen LogP contribution in [0.4, 0.5) is 11.4 Å². The molecule has 86 valence electrons. The predicted molar refractivity (Wildman–Crippen MR) is 65.9 cm³/mol. The van der Waals surface area contributed by atoms with Crippen LogP contribution in [0, 0.1) is 5.92 Å². The number of ether oxygens (including phenoxy) is 1. The van der Waals surface area contributed by atoms with Crippen molar-refractivity contribution in [2.45, 2.75) is 25.3 Å². The third kappa shape index (κ3) is 1.42. The van der Waals surface area contributed by atoms with E-state index >= 15 is 0 Å². The van der Waals surface area contributed by atoms with E-state index in [2.05, 4.69) is 17.0 Å². The second kappa shape index (κ2) is 3.58. The molecule has 1 aliphatic carbocycles. The molecule has 1 heterocycles. The summed E-state index contributed by atoms with van der Waals surface area (Å²) < 4.78 is 5.27. The van der Waals surface area contributed by atoms with E-state index in [1.54, 1.807) is 7.11 Å². The van der Waals surface area contributed by atoms with E-state index in [4.69, 9.17) is 10.5 Å². The summed E-state index contributed by atoms with van der Waals surface area (Å²) in [5.74, 6) is 1.70. The van der Waals surface area contributed by atoms with Gasteiger partial charge in [0.2, 0.25) is 0 Å². The van der Waals surface area contributed by atoms with Crippen LogP contribution in [0.15, 0.2) is 18.2 Å². The second-order valence-electron chi connectivity index (χ2n) is 4.91. The zero-order chi connectivity index (χ0) is 11.1. The first-order valence-corrected chi connectivity index (χ1v) is 5.98. The minimum atomic E-state index is 0.718. The number of piperidine rings is 1. The molecule has 2 unspecified atom stereocenters. The SMILES string of the molecule is COc1cc(N2CC3CCC2C3)ccc1N. The van der Waals surface area contributed by atoms with Crippen molar-refractivity contribution in [3.05, 3.63) is 18.2 Å². The second-order valence-corrected chi connectivity index (χ2v) is 4.91. The molecule has 1 aromatic rings. The summed E-state index contributed by atoms with van der Waals surface area (Å²) in [6, 6.07) is 6.87. The molecule has 1 aromatic carbocycles. The predicted octanol–water partition coefficient (Wildman–Crippen LogP) is 2.27. The molecule has 3 heteroatoms. The van der Waals surface area contributed by atoms with Crippen LogP contribution in [0.25, 0.3) is 0 Å². The van der Waals surface area contributed by atoms with Gasteiger partial charge in [0.1, 0.15) is 5.75 Å². The molecule has 2 N–H and O–H groups in total. The number of hydrogen-bond acceptors (Lipinski definition) is 3. The topological polar surface area (TPSA) is 38.5 Å². The number of nitrogens with zero attached hydrogens (tertiary/aromatic N) is 1. The lowest BCUT2D eigenvalue weighted by Crippen LogP contribution is -2.31. The van der Waals surface area contributed by atoms with Gasteiger partial charge in [0.15, 0.2) is 0 Å². The minimum absolute atomic E-state index is 0.718. The molecule has 0 radical (unpaired) electrons. The Labute approximate surface area is 96.2 Å². The van der Waals surface area contributed by atoms with Crippen molar-refractivity contribution in [3.8, 4) is 5.75 Å². The third-order valence-corrected chi connectivity index (χ3v) is 3.96. The highest BCUT2D eigenvalue weighted by molar-refractivity contribution is 5.63.